The molecule has 284 valence electrons. The second kappa shape index (κ2) is 16.2. The van der Waals surface area contributed by atoms with Crippen LogP contribution in [0.25, 0.3) is 0 Å². The number of ketones is 2. The van der Waals surface area contributed by atoms with E-state index in [0.29, 0.717) is 33.6 Å². The van der Waals surface area contributed by atoms with Crippen LogP contribution in [0.15, 0.2) is 82.0 Å². The van der Waals surface area contributed by atoms with Gasteiger partial charge >= 0.3 is 23.9 Å². The number of rotatable bonds is 12. The first-order valence-corrected chi connectivity index (χ1v) is 17.6. The van der Waals surface area contributed by atoms with E-state index < -0.39 is 81.1 Å². The van der Waals surface area contributed by atoms with Crippen LogP contribution >= 0.6 is 0 Å². The Kier molecular flexibility index (Phi) is 11.7. The number of ether oxygens (including phenoxy) is 6. The van der Waals surface area contributed by atoms with Gasteiger partial charge in [-0.05, 0) is 77.6 Å². The van der Waals surface area contributed by atoms with Crippen molar-refractivity contribution < 1.29 is 57.2 Å². The highest BCUT2D eigenvalue weighted by Crippen LogP contribution is 2.47. The van der Waals surface area contributed by atoms with Gasteiger partial charge in [0.25, 0.3) is 0 Å². The lowest BCUT2D eigenvalue weighted by Gasteiger charge is -2.36. The fraction of sp³-hybridized carbons (Fsp3) is 0.350. The fourth-order valence-electron chi connectivity index (χ4n) is 6.48. The second-order valence-electron chi connectivity index (χ2n) is 12.4. The molecule has 0 fully saturated rings. The Balaban J connectivity index is 1.76. The molecule has 0 amide bonds. The molecule has 2 aromatic rings. The van der Waals surface area contributed by atoms with E-state index in [2.05, 4.69) is 10.6 Å². The van der Waals surface area contributed by atoms with Crippen LogP contribution in [0.4, 0.5) is 11.4 Å². The molecular formula is C40H42N2O12. The number of allylic oxidation sites excluding steroid dienone is 2. The maximum absolute atomic E-state index is 14.8. The Labute approximate surface area is 312 Å². The lowest BCUT2D eigenvalue weighted by Crippen LogP contribution is -2.45. The summed E-state index contributed by atoms with van der Waals surface area (Å²) in [5.41, 5.74) is 1.80. The fourth-order valence-corrected chi connectivity index (χ4v) is 6.48. The topological polar surface area (TPSA) is 182 Å². The molecule has 2 atom stereocenters. The minimum atomic E-state index is -1.85. The number of nitrogens with one attached hydrogen (secondary N) is 2. The minimum absolute atomic E-state index is 0.109. The standard InChI is InChI=1S/C40H42N2O12/c1-9-49-37(45)23-25-31(43)34-26(32(44)33(25)53-35(27(23)39(47)51-11-3)41-29-19(5)15-13-16-20(29)6)24(38(46)50-10-2)28(40(48)52-12-4)36(54-34)42-30-21(7)17-14-18-22(30)8/h13-18,23-24,41-42H,9-12H2,1-8H3. The van der Waals surface area contributed by atoms with Crippen LogP contribution in [0.2, 0.25) is 0 Å². The molecule has 5 rings (SSSR count). The number of esters is 4. The maximum atomic E-state index is 14.8. The number of aryl methyl sites for hydroxylation is 4. The smallest absolute Gasteiger partial charge is 0.340 e. The monoisotopic (exact) mass is 742 g/mol. The molecule has 0 aromatic heterocycles. The maximum Gasteiger partial charge on any atom is 0.340 e. The van der Waals surface area contributed by atoms with Crippen molar-refractivity contribution in [3.8, 4) is 0 Å². The van der Waals surface area contributed by atoms with Gasteiger partial charge in [-0.25, -0.2) is 9.59 Å². The van der Waals surface area contributed by atoms with Gasteiger partial charge in [0.15, 0.2) is 11.5 Å². The van der Waals surface area contributed by atoms with E-state index in [4.69, 9.17) is 28.4 Å². The molecule has 14 heteroatoms. The van der Waals surface area contributed by atoms with Gasteiger partial charge in [-0.1, -0.05) is 36.4 Å². The summed E-state index contributed by atoms with van der Waals surface area (Å²) >= 11 is 0. The van der Waals surface area contributed by atoms with Crippen molar-refractivity contribution in [2.45, 2.75) is 55.4 Å². The Morgan fingerprint density at radius 1 is 0.556 bits per heavy atom. The van der Waals surface area contributed by atoms with Crippen molar-refractivity contribution in [2.24, 2.45) is 11.8 Å². The van der Waals surface area contributed by atoms with E-state index >= 15 is 0 Å². The highest BCUT2D eigenvalue weighted by atomic mass is 16.6. The highest BCUT2D eigenvalue weighted by molar-refractivity contribution is 6.28. The zero-order valence-electron chi connectivity index (χ0n) is 31.3. The average molecular weight is 743 g/mol. The summed E-state index contributed by atoms with van der Waals surface area (Å²) in [5.74, 6) is -12.2. The van der Waals surface area contributed by atoms with Crippen molar-refractivity contribution in [3.05, 3.63) is 104 Å². The van der Waals surface area contributed by atoms with Gasteiger partial charge in [-0.3, -0.25) is 19.2 Å². The summed E-state index contributed by atoms with van der Waals surface area (Å²) < 4.78 is 33.7. The van der Waals surface area contributed by atoms with Crippen molar-refractivity contribution in [1.82, 2.24) is 0 Å². The molecule has 2 unspecified atom stereocenters. The van der Waals surface area contributed by atoms with Crippen LogP contribution in [0.1, 0.15) is 49.9 Å². The molecule has 0 radical (unpaired) electrons. The van der Waals surface area contributed by atoms with Crippen LogP contribution in [-0.2, 0) is 57.2 Å². The Morgan fingerprint density at radius 3 is 1.17 bits per heavy atom. The van der Waals surface area contributed by atoms with Gasteiger partial charge < -0.3 is 39.1 Å². The Morgan fingerprint density at radius 2 is 0.870 bits per heavy atom. The summed E-state index contributed by atoms with van der Waals surface area (Å²) in [6.45, 7) is 12.8. The van der Waals surface area contributed by atoms with Gasteiger partial charge in [-0.15, -0.1) is 0 Å². The molecule has 2 N–H and O–H groups in total. The van der Waals surface area contributed by atoms with E-state index in [0.717, 1.165) is 0 Å². The quantitative estimate of drug-likeness (QED) is 0.167. The molecule has 0 saturated heterocycles. The molecule has 3 aliphatic rings. The molecule has 2 aliphatic heterocycles. The van der Waals surface area contributed by atoms with Crippen LogP contribution in [0.5, 0.6) is 0 Å². The minimum Gasteiger partial charge on any atom is -0.465 e. The Bertz CT molecular complexity index is 1900. The van der Waals surface area contributed by atoms with Crippen LogP contribution < -0.4 is 10.6 Å². The molecular weight excluding hydrogens is 700 g/mol. The number of anilines is 2. The van der Waals surface area contributed by atoms with E-state index in [-0.39, 0.29) is 38.2 Å². The molecule has 54 heavy (non-hydrogen) atoms. The zero-order chi connectivity index (χ0) is 39.4. The van der Waals surface area contributed by atoms with Gasteiger partial charge in [0.05, 0.1) is 37.6 Å². The number of Topliss-reactive ketones (excluding diaryl/α,β-unsaturated/α-hetero) is 2. The molecule has 2 aromatic carbocycles. The number of hydrogen-bond acceptors (Lipinski definition) is 14. The summed E-state index contributed by atoms with van der Waals surface area (Å²) in [4.78, 5) is 85.0. The molecule has 1 aliphatic carbocycles. The number of carbonyl (C=O) groups is 6. The first-order valence-electron chi connectivity index (χ1n) is 17.6. The normalized spacial score (nSPS) is 17.9. The van der Waals surface area contributed by atoms with E-state index in [9.17, 15) is 28.8 Å². The van der Waals surface area contributed by atoms with Crippen LogP contribution in [0.3, 0.4) is 0 Å². The first kappa shape index (κ1) is 39.0. The van der Waals surface area contributed by atoms with Crippen LogP contribution in [-0.4, -0.2) is 61.9 Å². The number of para-hydroxylation sites is 2. The summed E-state index contributed by atoms with van der Waals surface area (Å²) in [6, 6.07) is 10.8. The van der Waals surface area contributed by atoms with Crippen LogP contribution in [0, 0.1) is 39.5 Å². The molecule has 0 saturated carbocycles. The predicted molar refractivity (Wildman–Crippen MR) is 193 cm³/mol. The molecule has 0 spiro atoms. The summed E-state index contributed by atoms with van der Waals surface area (Å²) in [6.07, 6.45) is 0. The lowest BCUT2D eigenvalue weighted by molar-refractivity contribution is -0.151. The molecule has 0 bridgehead atoms. The van der Waals surface area contributed by atoms with Crippen molar-refractivity contribution >= 4 is 46.8 Å². The average Bonchev–Trinajstić information content (AvgIpc) is 3.12. The number of carbonyl (C=O) groups excluding carboxylic acids is 6. The first-order chi connectivity index (χ1) is 25.8. The van der Waals surface area contributed by atoms with Gasteiger partial charge in [-0.2, -0.15) is 0 Å². The third kappa shape index (κ3) is 7.10. The van der Waals surface area contributed by atoms with Crippen molar-refractivity contribution in [1.29, 1.82) is 0 Å². The third-order valence-corrected chi connectivity index (χ3v) is 8.92. The largest absolute Gasteiger partial charge is 0.465 e. The van der Waals surface area contributed by atoms with Gasteiger partial charge in [0, 0.05) is 11.4 Å². The van der Waals surface area contributed by atoms with E-state index in [1.165, 1.54) is 13.8 Å². The predicted octanol–water partition coefficient (Wildman–Crippen LogP) is 5.07. The van der Waals surface area contributed by atoms with Gasteiger partial charge in [0.1, 0.15) is 23.0 Å². The Hall–Kier alpha value is -6.18. The lowest BCUT2D eigenvalue weighted by atomic mass is 9.75. The highest BCUT2D eigenvalue weighted by Gasteiger charge is 2.56. The second-order valence-corrected chi connectivity index (χ2v) is 12.4. The third-order valence-electron chi connectivity index (χ3n) is 8.92. The van der Waals surface area contributed by atoms with Gasteiger partial charge in [0.2, 0.25) is 23.3 Å². The van der Waals surface area contributed by atoms with Crippen molar-refractivity contribution in [2.75, 3.05) is 37.1 Å². The SMILES string of the molecule is CCOC(=O)C1=C(Nc2c(C)cccc2C)OC2=C(C(=O)C3=C(C2=O)C(C(=O)OCC)C(C(=O)OCC)=C(Nc2c(C)cccc2C)O3)C1C(=O)OCC. The van der Waals surface area contributed by atoms with Crippen molar-refractivity contribution in [3.63, 3.8) is 0 Å². The van der Waals surface area contributed by atoms with E-state index in [1.807, 2.05) is 12.1 Å². The summed E-state index contributed by atoms with van der Waals surface area (Å²) in [7, 11) is 0. The molecule has 14 nitrogen and oxygen atoms in total. The number of hydrogen-bond donors (Lipinski definition) is 2. The number of benzene rings is 2. The molecule has 2 heterocycles. The van der Waals surface area contributed by atoms with E-state index in [1.54, 1.807) is 65.8 Å². The summed E-state index contributed by atoms with van der Waals surface area (Å²) in [5, 5.41) is 6.07. The zero-order valence-corrected chi connectivity index (χ0v) is 31.3.